The summed E-state index contributed by atoms with van der Waals surface area (Å²) in [5, 5.41) is 5.87. The van der Waals surface area contributed by atoms with Gasteiger partial charge in [0, 0.05) is 11.6 Å². The predicted octanol–water partition coefficient (Wildman–Crippen LogP) is 4.02. The van der Waals surface area contributed by atoms with E-state index in [4.69, 9.17) is 0 Å². The van der Waals surface area contributed by atoms with E-state index in [0.717, 1.165) is 0 Å². The van der Waals surface area contributed by atoms with Crippen LogP contribution in [-0.4, -0.2) is 15.5 Å². The van der Waals surface area contributed by atoms with Crippen LogP contribution in [0.4, 0.5) is 26.1 Å². The van der Waals surface area contributed by atoms with Crippen LogP contribution in [0.1, 0.15) is 26.6 Å². The Morgan fingerprint density at radius 3 is 2.14 bits per heavy atom. The van der Waals surface area contributed by atoms with E-state index < -0.39 is 11.6 Å². The number of nitrogens with one attached hydrogen (secondary N) is 2. The fourth-order valence-electron chi connectivity index (χ4n) is 1.83. The Bertz CT molecular complexity index is 630. The summed E-state index contributed by atoms with van der Waals surface area (Å²) < 4.78 is 27.3. The number of aromatic nitrogens is 2. The number of rotatable bonds is 3. The van der Waals surface area contributed by atoms with E-state index in [-0.39, 0.29) is 11.2 Å². The standard InChI is InChI=1S/C15H18F2N4/c1-9-18-12(8-13(19-9)21-15(2,3)4)20-14-10(16)6-5-7-11(14)17/h5-8H,1-4H3,(H2,18,19,20,21). The first-order valence-electron chi connectivity index (χ1n) is 6.59. The Morgan fingerprint density at radius 2 is 1.57 bits per heavy atom. The Labute approximate surface area is 122 Å². The molecule has 112 valence electrons. The molecule has 1 aromatic heterocycles. The molecule has 0 bridgehead atoms. The molecule has 1 aromatic carbocycles. The third kappa shape index (κ3) is 4.11. The van der Waals surface area contributed by atoms with Gasteiger partial charge < -0.3 is 10.6 Å². The number of nitrogens with zero attached hydrogens (tertiary/aromatic N) is 2. The van der Waals surface area contributed by atoms with Crippen molar-refractivity contribution in [2.24, 2.45) is 0 Å². The van der Waals surface area contributed by atoms with Crippen LogP contribution in [0.5, 0.6) is 0 Å². The Hall–Kier alpha value is -2.24. The van der Waals surface area contributed by atoms with E-state index in [9.17, 15) is 8.78 Å². The first kappa shape index (κ1) is 15.2. The minimum absolute atomic E-state index is 0.179. The zero-order chi connectivity index (χ0) is 15.6. The topological polar surface area (TPSA) is 49.8 Å². The molecule has 0 fully saturated rings. The van der Waals surface area contributed by atoms with Crippen molar-refractivity contribution in [1.29, 1.82) is 0 Å². The van der Waals surface area contributed by atoms with Crippen LogP contribution in [0.15, 0.2) is 24.3 Å². The van der Waals surface area contributed by atoms with E-state index in [0.29, 0.717) is 17.5 Å². The maximum atomic E-state index is 13.6. The van der Waals surface area contributed by atoms with Crippen molar-refractivity contribution in [1.82, 2.24) is 9.97 Å². The molecule has 0 atom stereocenters. The maximum Gasteiger partial charge on any atom is 0.149 e. The largest absolute Gasteiger partial charge is 0.365 e. The number of benzene rings is 1. The third-order valence-electron chi connectivity index (χ3n) is 2.56. The molecule has 2 rings (SSSR count). The van der Waals surface area contributed by atoms with Crippen molar-refractivity contribution < 1.29 is 8.78 Å². The molecule has 1 heterocycles. The highest BCUT2D eigenvalue weighted by molar-refractivity contribution is 5.60. The van der Waals surface area contributed by atoms with Crippen LogP contribution in [-0.2, 0) is 0 Å². The van der Waals surface area contributed by atoms with Crippen molar-refractivity contribution in [3.05, 3.63) is 41.7 Å². The van der Waals surface area contributed by atoms with Crippen LogP contribution in [0, 0.1) is 18.6 Å². The van der Waals surface area contributed by atoms with Gasteiger partial charge >= 0.3 is 0 Å². The van der Waals surface area contributed by atoms with Crippen LogP contribution >= 0.6 is 0 Å². The van der Waals surface area contributed by atoms with Crippen molar-refractivity contribution in [2.75, 3.05) is 10.6 Å². The Kier molecular flexibility index (Phi) is 4.06. The summed E-state index contributed by atoms with van der Waals surface area (Å²) in [6.45, 7) is 7.70. The second kappa shape index (κ2) is 5.63. The highest BCUT2D eigenvalue weighted by atomic mass is 19.1. The quantitative estimate of drug-likeness (QED) is 0.897. The van der Waals surface area contributed by atoms with E-state index in [1.165, 1.54) is 18.2 Å². The molecule has 0 amide bonds. The fourth-order valence-corrected chi connectivity index (χ4v) is 1.83. The van der Waals surface area contributed by atoms with Gasteiger partial charge in [0.25, 0.3) is 0 Å². The molecule has 2 aromatic rings. The highest BCUT2D eigenvalue weighted by Gasteiger charge is 2.13. The van der Waals surface area contributed by atoms with Gasteiger partial charge in [0.1, 0.15) is 34.8 Å². The van der Waals surface area contributed by atoms with Gasteiger partial charge in [-0.25, -0.2) is 18.7 Å². The lowest BCUT2D eigenvalue weighted by molar-refractivity contribution is 0.590. The minimum Gasteiger partial charge on any atom is -0.365 e. The van der Waals surface area contributed by atoms with E-state index in [1.54, 1.807) is 13.0 Å². The number of hydrogen-bond donors (Lipinski definition) is 2. The van der Waals surface area contributed by atoms with E-state index in [1.807, 2.05) is 20.8 Å². The smallest absolute Gasteiger partial charge is 0.149 e. The molecule has 21 heavy (non-hydrogen) atoms. The van der Waals surface area contributed by atoms with Crippen molar-refractivity contribution in [3.63, 3.8) is 0 Å². The summed E-state index contributed by atoms with van der Waals surface area (Å²) in [6.07, 6.45) is 0. The molecule has 6 heteroatoms. The minimum atomic E-state index is -0.670. The SMILES string of the molecule is Cc1nc(Nc2c(F)cccc2F)cc(NC(C)(C)C)n1. The molecule has 4 nitrogen and oxygen atoms in total. The first-order valence-corrected chi connectivity index (χ1v) is 6.59. The van der Waals surface area contributed by atoms with Gasteiger partial charge in [-0.1, -0.05) is 6.07 Å². The van der Waals surface area contributed by atoms with Crippen LogP contribution in [0.2, 0.25) is 0 Å². The second-order valence-corrected chi connectivity index (χ2v) is 5.78. The number of halogens is 2. The third-order valence-corrected chi connectivity index (χ3v) is 2.56. The van der Waals surface area contributed by atoms with Gasteiger partial charge in [-0.15, -0.1) is 0 Å². The number of hydrogen-bond acceptors (Lipinski definition) is 4. The van der Waals surface area contributed by atoms with Gasteiger partial charge in [-0.2, -0.15) is 0 Å². The molecular weight excluding hydrogens is 274 g/mol. The lowest BCUT2D eigenvalue weighted by Gasteiger charge is -2.21. The molecule has 0 saturated carbocycles. The second-order valence-electron chi connectivity index (χ2n) is 5.78. The summed E-state index contributed by atoms with van der Waals surface area (Å²) in [4.78, 5) is 8.40. The first-order chi connectivity index (χ1) is 9.74. The molecule has 0 spiro atoms. The molecule has 0 aliphatic rings. The zero-order valence-electron chi connectivity index (χ0n) is 12.5. The summed E-state index contributed by atoms with van der Waals surface area (Å²) in [5.41, 5.74) is -0.404. The Morgan fingerprint density at radius 1 is 1.00 bits per heavy atom. The van der Waals surface area contributed by atoms with Crippen molar-refractivity contribution in [3.8, 4) is 0 Å². The molecule has 0 aliphatic heterocycles. The molecule has 0 saturated heterocycles. The highest BCUT2D eigenvalue weighted by Crippen LogP contribution is 2.24. The number of para-hydroxylation sites is 1. The summed E-state index contributed by atoms with van der Waals surface area (Å²) in [5.74, 6) is 0.0872. The average molecular weight is 292 g/mol. The van der Waals surface area contributed by atoms with Crippen LogP contribution in [0.3, 0.4) is 0 Å². The monoisotopic (exact) mass is 292 g/mol. The normalized spacial score (nSPS) is 11.3. The van der Waals surface area contributed by atoms with Gasteiger partial charge in [-0.05, 0) is 39.8 Å². The molecule has 0 radical (unpaired) electrons. The lowest BCUT2D eigenvalue weighted by atomic mass is 10.1. The van der Waals surface area contributed by atoms with E-state index >= 15 is 0 Å². The predicted molar refractivity (Wildman–Crippen MR) is 79.8 cm³/mol. The molecule has 0 aliphatic carbocycles. The van der Waals surface area contributed by atoms with Crippen LogP contribution in [0.25, 0.3) is 0 Å². The fraction of sp³-hybridized carbons (Fsp3) is 0.333. The number of anilines is 3. The van der Waals surface area contributed by atoms with Gasteiger partial charge in [0.2, 0.25) is 0 Å². The van der Waals surface area contributed by atoms with Gasteiger partial charge in [0.15, 0.2) is 0 Å². The van der Waals surface area contributed by atoms with Crippen molar-refractivity contribution in [2.45, 2.75) is 33.2 Å². The molecule has 2 N–H and O–H groups in total. The maximum absolute atomic E-state index is 13.6. The molecular formula is C15H18F2N4. The van der Waals surface area contributed by atoms with Gasteiger partial charge in [0.05, 0.1) is 0 Å². The van der Waals surface area contributed by atoms with Gasteiger partial charge in [-0.3, -0.25) is 0 Å². The van der Waals surface area contributed by atoms with E-state index in [2.05, 4.69) is 20.6 Å². The lowest BCUT2D eigenvalue weighted by Crippen LogP contribution is -2.27. The zero-order valence-corrected chi connectivity index (χ0v) is 12.5. The van der Waals surface area contributed by atoms with Crippen LogP contribution < -0.4 is 10.6 Å². The Balaban J connectivity index is 2.32. The average Bonchev–Trinajstić information content (AvgIpc) is 2.31. The summed E-state index contributed by atoms with van der Waals surface area (Å²) in [6, 6.07) is 5.30. The van der Waals surface area contributed by atoms with Crippen molar-refractivity contribution >= 4 is 17.3 Å². The summed E-state index contributed by atoms with van der Waals surface area (Å²) in [7, 11) is 0. The number of aryl methyl sites for hydroxylation is 1. The summed E-state index contributed by atoms with van der Waals surface area (Å²) >= 11 is 0. The molecule has 0 unspecified atom stereocenters.